The van der Waals surface area contributed by atoms with Gasteiger partial charge in [-0.2, -0.15) is 0 Å². The van der Waals surface area contributed by atoms with Gasteiger partial charge in [-0.3, -0.25) is 9.59 Å². The number of para-hydroxylation sites is 1. The molecule has 0 unspecified atom stereocenters. The lowest BCUT2D eigenvalue weighted by Gasteiger charge is -2.34. The summed E-state index contributed by atoms with van der Waals surface area (Å²) in [4.78, 5) is 27.7. The summed E-state index contributed by atoms with van der Waals surface area (Å²) in [6.45, 7) is 3.88. The van der Waals surface area contributed by atoms with Crippen molar-refractivity contribution in [3.63, 3.8) is 0 Å². The van der Waals surface area contributed by atoms with Crippen molar-refractivity contribution < 1.29 is 18.7 Å². The van der Waals surface area contributed by atoms with Crippen LogP contribution in [-0.2, 0) is 11.4 Å². The number of hydrogen-bond acceptors (Lipinski definition) is 3. The SMILES string of the molecule is CC(=O)N1CCN(C(=O)c2ccccc2OCc2ccc(F)cc2)CC1. The number of piperazine rings is 1. The zero-order chi connectivity index (χ0) is 18.5. The second-order valence-corrected chi connectivity index (χ2v) is 6.21. The first kappa shape index (κ1) is 17.9. The number of nitrogens with zero attached hydrogens (tertiary/aromatic N) is 2. The van der Waals surface area contributed by atoms with Crippen LogP contribution in [0.25, 0.3) is 0 Å². The molecule has 0 bridgehead atoms. The highest BCUT2D eigenvalue weighted by Gasteiger charge is 2.25. The lowest BCUT2D eigenvalue weighted by Crippen LogP contribution is -2.50. The third kappa shape index (κ3) is 4.20. The molecule has 1 fully saturated rings. The molecule has 0 atom stereocenters. The van der Waals surface area contributed by atoms with Gasteiger partial charge in [-0.25, -0.2) is 4.39 Å². The molecule has 2 aromatic carbocycles. The van der Waals surface area contributed by atoms with Gasteiger partial charge in [-0.1, -0.05) is 24.3 Å². The van der Waals surface area contributed by atoms with E-state index in [1.165, 1.54) is 19.1 Å². The van der Waals surface area contributed by atoms with Gasteiger partial charge in [0.2, 0.25) is 5.91 Å². The van der Waals surface area contributed by atoms with Gasteiger partial charge < -0.3 is 14.5 Å². The average Bonchev–Trinajstić information content (AvgIpc) is 2.67. The molecule has 5 nitrogen and oxygen atoms in total. The van der Waals surface area contributed by atoms with Crippen LogP contribution in [0.2, 0.25) is 0 Å². The Morgan fingerprint density at radius 2 is 1.58 bits per heavy atom. The Balaban J connectivity index is 1.67. The van der Waals surface area contributed by atoms with Crippen molar-refractivity contribution in [2.24, 2.45) is 0 Å². The van der Waals surface area contributed by atoms with Crippen LogP contribution in [0, 0.1) is 5.82 Å². The quantitative estimate of drug-likeness (QED) is 0.846. The molecule has 1 heterocycles. The molecule has 0 aromatic heterocycles. The van der Waals surface area contributed by atoms with Crippen LogP contribution in [0.15, 0.2) is 48.5 Å². The van der Waals surface area contributed by atoms with E-state index >= 15 is 0 Å². The first-order valence-electron chi connectivity index (χ1n) is 8.55. The summed E-state index contributed by atoms with van der Waals surface area (Å²) in [5, 5.41) is 0. The topological polar surface area (TPSA) is 49.9 Å². The van der Waals surface area contributed by atoms with E-state index in [4.69, 9.17) is 4.74 Å². The molecular weight excluding hydrogens is 335 g/mol. The number of halogens is 1. The molecule has 6 heteroatoms. The zero-order valence-corrected chi connectivity index (χ0v) is 14.7. The lowest BCUT2D eigenvalue weighted by atomic mass is 10.1. The predicted octanol–water partition coefficient (Wildman–Crippen LogP) is 2.71. The Labute approximate surface area is 152 Å². The average molecular weight is 356 g/mol. The molecule has 1 saturated heterocycles. The molecular formula is C20H21FN2O3. The Morgan fingerprint density at radius 3 is 2.23 bits per heavy atom. The molecule has 0 saturated carbocycles. The normalized spacial score (nSPS) is 14.2. The predicted molar refractivity (Wildman–Crippen MR) is 95.3 cm³/mol. The van der Waals surface area contributed by atoms with Crippen LogP contribution in [-0.4, -0.2) is 47.8 Å². The van der Waals surface area contributed by atoms with Crippen LogP contribution in [0.3, 0.4) is 0 Å². The smallest absolute Gasteiger partial charge is 0.257 e. The van der Waals surface area contributed by atoms with Gasteiger partial charge in [-0.15, -0.1) is 0 Å². The van der Waals surface area contributed by atoms with Gasteiger partial charge in [-0.05, 0) is 29.8 Å². The maximum absolute atomic E-state index is 13.0. The summed E-state index contributed by atoms with van der Waals surface area (Å²) >= 11 is 0. The van der Waals surface area contributed by atoms with Crippen LogP contribution < -0.4 is 4.74 Å². The van der Waals surface area contributed by atoms with E-state index in [1.54, 1.807) is 40.1 Å². The maximum Gasteiger partial charge on any atom is 0.257 e. The minimum absolute atomic E-state index is 0.0279. The van der Waals surface area contributed by atoms with Crippen LogP contribution in [0.4, 0.5) is 4.39 Å². The van der Waals surface area contributed by atoms with E-state index < -0.39 is 0 Å². The number of carbonyl (C=O) groups is 2. The summed E-state index contributed by atoms with van der Waals surface area (Å²) < 4.78 is 18.8. The fourth-order valence-electron chi connectivity index (χ4n) is 2.91. The van der Waals surface area contributed by atoms with Gasteiger partial charge in [0.15, 0.2) is 0 Å². The molecule has 26 heavy (non-hydrogen) atoms. The zero-order valence-electron chi connectivity index (χ0n) is 14.7. The first-order valence-corrected chi connectivity index (χ1v) is 8.55. The molecule has 0 spiro atoms. The van der Waals surface area contributed by atoms with Crippen molar-refractivity contribution in [2.75, 3.05) is 26.2 Å². The maximum atomic E-state index is 13.0. The van der Waals surface area contributed by atoms with Crippen molar-refractivity contribution in [1.29, 1.82) is 0 Å². The van der Waals surface area contributed by atoms with Gasteiger partial charge in [0.05, 0.1) is 5.56 Å². The Hall–Kier alpha value is -2.89. The monoisotopic (exact) mass is 356 g/mol. The summed E-state index contributed by atoms with van der Waals surface area (Å²) in [7, 11) is 0. The number of ether oxygens (including phenoxy) is 1. The van der Waals surface area contributed by atoms with Crippen molar-refractivity contribution in [3.8, 4) is 5.75 Å². The molecule has 3 rings (SSSR count). The third-order valence-corrected chi connectivity index (χ3v) is 4.44. The molecule has 2 amide bonds. The molecule has 0 aliphatic carbocycles. The van der Waals surface area contributed by atoms with Crippen molar-refractivity contribution in [3.05, 3.63) is 65.5 Å². The standard InChI is InChI=1S/C20H21FN2O3/c1-15(24)22-10-12-23(13-11-22)20(25)18-4-2-3-5-19(18)26-14-16-6-8-17(21)9-7-16/h2-9H,10-14H2,1H3. The summed E-state index contributed by atoms with van der Waals surface area (Å²) in [5.74, 6) is 0.118. The number of hydrogen-bond donors (Lipinski definition) is 0. The van der Waals surface area contributed by atoms with Gasteiger partial charge >= 0.3 is 0 Å². The van der Waals surface area contributed by atoms with E-state index in [9.17, 15) is 14.0 Å². The Bertz CT molecular complexity index is 784. The van der Waals surface area contributed by atoms with E-state index in [-0.39, 0.29) is 24.2 Å². The van der Waals surface area contributed by atoms with Crippen molar-refractivity contribution in [2.45, 2.75) is 13.5 Å². The minimum Gasteiger partial charge on any atom is -0.488 e. The molecule has 1 aliphatic heterocycles. The number of rotatable bonds is 4. The van der Waals surface area contributed by atoms with Gasteiger partial charge in [0, 0.05) is 33.1 Å². The molecule has 136 valence electrons. The van der Waals surface area contributed by atoms with E-state index in [0.717, 1.165) is 5.56 Å². The second-order valence-electron chi connectivity index (χ2n) is 6.21. The molecule has 0 radical (unpaired) electrons. The second kappa shape index (κ2) is 7.99. The van der Waals surface area contributed by atoms with Gasteiger partial charge in [0.1, 0.15) is 18.2 Å². The molecule has 0 N–H and O–H groups in total. The molecule has 1 aliphatic rings. The Kier molecular flexibility index (Phi) is 5.51. The number of amides is 2. The van der Waals surface area contributed by atoms with E-state index in [0.29, 0.717) is 37.5 Å². The lowest BCUT2D eigenvalue weighted by molar-refractivity contribution is -0.130. The summed E-state index contributed by atoms with van der Waals surface area (Å²) in [6, 6.07) is 13.2. The third-order valence-electron chi connectivity index (χ3n) is 4.44. The molecule has 2 aromatic rings. The highest BCUT2D eigenvalue weighted by Crippen LogP contribution is 2.22. The minimum atomic E-state index is -0.297. The van der Waals surface area contributed by atoms with Gasteiger partial charge in [0.25, 0.3) is 5.91 Å². The highest BCUT2D eigenvalue weighted by atomic mass is 19.1. The van der Waals surface area contributed by atoms with E-state index in [1.807, 2.05) is 6.07 Å². The van der Waals surface area contributed by atoms with Crippen LogP contribution in [0.1, 0.15) is 22.8 Å². The largest absolute Gasteiger partial charge is 0.488 e. The summed E-state index contributed by atoms with van der Waals surface area (Å²) in [5.41, 5.74) is 1.31. The first-order chi connectivity index (χ1) is 12.5. The fraction of sp³-hybridized carbons (Fsp3) is 0.300. The van der Waals surface area contributed by atoms with Crippen molar-refractivity contribution in [1.82, 2.24) is 9.80 Å². The highest BCUT2D eigenvalue weighted by molar-refractivity contribution is 5.97. The van der Waals surface area contributed by atoms with E-state index in [2.05, 4.69) is 0 Å². The number of carbonyl (C=O) groups excluding carboxylic acids is 2. The van der Waals surface area contributed by atoms with Crippen LogP contribution >= 0.6 is 0 Å². The summed E-state index contributed by atoms with van der Waals surface area (Å²) in [6.07, 6.45) is 0. The van der Waals surface area contributed by atoms with Crippen molar-refractivity contribution >= 4 is 11.8 Å². The van der Waals surface area contributed by atoms with Crippen LogP contribution in [0.5, 0.6) is 5.75 Å². The number of benzene rings is 2. The fourth-order valence-corrected chi connectivity index (χ4v) is 2.91. The Morgan fingerprint density at radius 1 is 0.962 bits per heavy atom.